The van der Waals surface area contributed by atoms with E-state index < -0.39 is 0 Å². The Morgan fingerprint density at radius 2 is 1.82 bits per heavy atom. The number of benzene rings is 1. The fraction of sp³-hybridized carbons (Fsp3) is 0.542. The molecule has 2 aromatic rings. The van der Waals surface area contributed by atoms with Gasteiger partial charge in [-0.1, -0.05) is 37.7 Å². The van der Waals surface area contributed by atoms with Crippen molar-refractivity contribution in [1.82, 2.24) is 25.0 Å². The molecule has 1 aromatic heterocycles. The number of rotatable bonds is 7. The lowest BCUT2D eigenvalue weighted by atomic mass is 9.81. The Balaban J connectivity index is 1.20. The summed E-state index contributed by atoms with van der Waals surface area (Å²) in [6, 6.07) is 7.27. The summed E-state index contributed by atoms with van der Waals surface area (Å²) in [5.74, 6) is 1.76. The van der Waals surface area contributed by atoms with E-state index in [2.05, 4.69) is 15.2 Å². The van der Waals surface area contributed by atoms with Gasteiger partial charge in [-0.3, -0.25) is 19.6 Å². The highest BCUT2D eigenvalue weighted by Gasteiger charge is 2.37. The van der Waals surface area contributed by atoms with Gasteiger partial charge >= 0.3 is 6.09 Å². The third-order valence-corrected chi connectivity index (χ3v) is 7.44. The average molecular weight is 486 g/mol. The Morgan fingerprint density at radius 1 is 1.15 bits per heavy atom. The number of H-pyrrole nitrogens is 1. The van der Waals surface area contributed by atoms with Gasteiger partial charge in [-0.2, -0.15) is 5.10 Å². The van der Waals surface area contributed by atoms with Crippen molar-refractivity contribution in [3.8, 4) is 5.75 Å². The number of piperidine rings is 2. The molecule has 0 unspecified atom stereocenters. The quantitative estimate of drug-likeness (QED) is 0.472. The van der Waals surface area contributed by atoms with Gasteiger partial charge in [0, 0.05) is 38.2 Å². The maximum atomic E-state index is 12.6. The molecule has 9 nitrogen and oxygen atoms in total. The van der Waals surface area contributed by atoms with Crippen LogP contribution < -0.4 is 4.74 Å². The van der Waals surface area contributed by atoms with Crippen molar-refractivity contribution in [2.75, 3.05) is 25.4 Å². The first-order chi connectivity index (χ1) is 16.3. The normalized spacial score (nSPS) is 18.9. The second-order valence-electron chi connectivity index (χ2n) is 9.75. The predicted molar refractivity (Wildman–Crippen MR) is 127 cm³/mol. The van der Waals surface area contributed by atoms with E-state index in [1.807, 2.05) is 26.0 Å². The number of aromatic amines is 1. The van der Waals surface area contributed by atoms with Gasteiger partial charge in [0.2, 0.25) is 11.8 Å². The van der Waals surface area contributed by atoms with Gasteiger partial charge in [0.05, 0.1) is 0 Å². The van der Waals surface area contributed by atoms with E-state index in [-0.39, 0.29) is 23.3 Å². The lowest BCUT2D eigenvalue weighted by Gasteiger charge is -2.34. The molecule has 34 heavy (non-hydrogen) atoms. The summed E-state index contributed by atoms with van der Waals surface area (Å²) < 4.78 is 5.55. The number of imide groups is 1. The number of aromatic nitrogens is 3. The van der Waals surface area contributed by atoms with E-state index in [4.69, 9.17) is 4.74 Å². The maximum absolute atomic E-state index is 12.6. The Hall–Kier alpha value is -2.88. The van der Waals surface area contributed by atoms with Crippen LogP contribution in [0.15, 0.2) is 35.7 Å². The molecule has 3 amide bonds. The first-order valence-corrected chi connectivity index (χ1v) is 12.6. The number of nitrogens with zero attached hydrogens (tertiary/aromatic N) is 4. The van der Waals surface area contributed by atoms with Gasteiger partial charge in [-0.05, 0) is 48.3 Å². The van der Waals surface area contributed by atoms with Crippen molar-refractivity contribution in [1.29, 1.82) is 0 Å². The lowest BCUT2D eigenvalue weighted by molar-refractivity contribution is -0.152. The number of carbonyl (C=O) groups excluding carboxylic acids is 3. The van der Waals surface area contributed by atoms with Crippen molar-refractivity contribution >= 4 is 29.7 Å². The zero-order valence-corrected chi connectivity index (χ0v) is 20.5. The van der Waals surface area contributed by atoms with Gasteiger partial charge in [0.25, 0.3) is 0 Å². The molecule has 0 saturated carbocycles. The number of nitrogens with one attached hydrogen (secondary N) is 1. The van der Waals surface area contributed by atoms with E-state index in [9.17, 15) is 14.4 Å². The first-order valence-electron chi connectivity index (χ1n) is 11.7. The molecule has 0 spiro atoms. The Kier molecular flexibility index (Phi) is 7.55. The van der Waals surface area contributed by atoms with E-state index in [1.54, 1.807) is 28.8 Å². The molecule has 4 rings (SSSR count). The second kappa shape index (κ2) is 10.6. The fourth-order valence-electron chi connectivity index (χ4n) is 4.33. The number of thioether (sulfide) groups is 1. The summed E-state index contributed by atoms with van der Waals surface area (Å²) in [4.78, 5) is 44.4. The molecule has 1 aromatic carbocycles. The molecule has 3 heterocycles. The number of ether oxygens (including phenoxy) is 1. The molecule has 0 bridgehead atoms. The SMILES string of the molecule is CC1(C)CC(=O)N(CCc2ccc(OC(=O)N3CCC(CSc4ncn[nH]4)CC3)cc2)C(=O)C1. The average Bonchev–Trinajstić information content (AvgIpc) is 3.31. The molecule has 0 aliphatic carbocycles. The van der Waals surface area contributed by atoms with E-state index in [1.165, 1.54) is 11.2 Å². The van der Waals surface area contributed by atoms with Crippen LogP contribution in [0.3, 0.4) is 0 Å². The van der Waals surface area contributed by atoms with Crippen molar-refractivity contribution in [2.24, 2.45) is 11.3 Å². The van der Waals surface area contributed by atoms with Gasteiger partial charge in [0.15, 0.2) is 5.16 Å². The molecule has 2 aliphatic rings. The largest absolute Gasteiger partial charge is 0.415 e. The molecule has 0 radical (unpaired) electrons. The van der Waals surface area contributed by atoms with Crippen molar-refractivity contribution in [2.45, 2.75) is 51.1 Å². The minimum Gasteiger partial charge on any atom is -0.410 e. The number of hydrogen-bond acceptors (Lipinski definition) is 7. The number of amides is 3. The molecular weight excluding hydrogens is 454 g/mol. The molecule has 0 atom stereocenters. The van der Waals surface area contributed by atoms with Crippen LogP contribution in [0.4, 0.5) is 4.79 Å². The second-order valence-corrected chi connectivity index (χ2v) is 10.8. The Bertz CT molecular complexity index is 981. The third-order valence-electron chi connectivity index (χ3n) is 6.34. The topological polar surface area (TPSA) is 108 Å². The summed E-state index contributed by atoms with van der Waals surface area (Å²) in [5, 5.41) is 7.53. The minimum atomic E-state index is -0.332. The van der Waals surface area contributed by atoms with Crippen LogP contribution >= 0.6 is 11.8 Å². The van der Waals surface area contributed by atoms with Gasteiger partial charge in [0.1, 0.15) is 12.1 Å². The van der Waals surface area contributed by atoms with Crippen LogP contribution in [-0.4, -0.2) is 68.3 Å². The zero-order chi connectivity index (χ0) is 24.1. The Labute approximate surface area is 203 Å². The van der Waals surface area contributed by atoms with Crippen LogP contribution in [0, 0.1) is 11.3 Å². The smallest absolute Gasteiger partial charge is 0.410 e. The van der Waals surface area contributed by atoms with Crippen LogP contribution in [0.1, 0.15) is 45.1 Å². The number of carbonyl (C=O) groups is 3. The molecule has 2 aliphatic heterocycles. The number of likely N-dealkylation sites (tertiary alicyclic amines) is 2. The number of hydrogen-bond donors (Lipinski definition) is 1. The predicted octanol–water partition coefficient (Wildman–Crippen LogP) is 3.53. The summed E-state index contributed by atoms with van der Waals surface area (Å²) in [6.45, 7) is 5.61. The van der Waals surface area contributed by atoms with Crippen LogP contribution in [0.25, 0.3) is 0 Å². The highest BCUT2D eigenvalue weighted by molar-refractivity contribution is 7.99. The molecule has 182 valence electrons. The van der Waals surface area contributed by atoms with Crippen molar-refractivity contribution in [3.05, 3.63) is 36.2 Å². The van der Waals surface area contributed by atoms with E-state index in [0.717, 1.165) is 29.3 Å². The van der Waals surface area contributed by atoms with Crippen LogP contribution in [-0.2, 0) is 16.0 Å². The molecule has 2 saturated heterocycles. The summed E-state index contributed by atoms with van der Waals surface area (Å²) in [6.07, 6.45) is 4.40. The standard InChI is InChI=1S/C24H31N5O4S/c1-24(2)13-20(30)29(21(31)14-24)12-9-17-3-5-19(6-4-17)33-23(32)28-10-7-18(8-11-28)15-34-22-25-16-26-27-22/h3-6,16,18H,7-15H2,1-2H3,(H,25,26,27). The van der Waals surface area contributed by atoms with Crippen LogP contribution in [0.2, 0.25) is 0 Å². The first kappa shape index (κ1) is 24.3. The summed E-state index contributed by atoms with van der Waals surface area (Å²) in [7, 11) is 0. The fourth-order valence-corrected chi connectivity index (χ4v) is 5.30. The van der Waals surface area contributed by atoms with E-state index >= 15 is 0 Å². The lowest BCUT2D eigenvalue weighted by Crippen LogP contribution is -2.46. The molecule has 2 fully saturated rings. The Morgan fingerprint density at radius 3 is 2.44 bits per heavy atom. The molecular formula is C24H31N5O4S. The highest BCUT2D eigenvalue weighted by atomic mass is 32.2. The minimum absolute atomic E-state index is 0.105. The van der Waals surface area contributed by atoms with Crippen LogP contribution in [0.5, 0.6) is 5.75 Å². The maximum Gasteiger partial charge on any atom is 0.415 e. The van der Waals surface area contributed by atoms with Gasteiger partial charge in [-0.15, -0.1) is 0 Å². The highest BCUT2D eigenvalue weighted by Crippen LogP contribution is 2.31. The monoisotopic (exact) mass is 485 g/mol. The molecule has 10 heteroatoms. The van der Waals surface area contributed by atoms with Gasteiger partial charge < -0.3 is 9.64 Å². The summed E-state index contributed by atoms with van der Waals surface area (Å²) in [5.41, 5.74) is 0.720. The third kappa shape index (κ3) is 6.37. The van der Waals surface area contributed by atoms with Crippen molar-refractivity contribution < 1.29 is 19.1 Å². The zero-order valence-electron chi connectivity index (χ0n) is 19.7. The van der Waals surface area contributed by atoms with Gasteiger partial charge in [-0.25, -0.2) is 9.78 Å². The van der Waals surface area contributed by atoms with E-state index in [0.29, 0.717) is 50.6 Å². The summed E-state index contributed by atoms with van der Waals surface area (Å²) >= 11 is 1.66. The molecule has 1 N–H and O–H groups in total. The van der Waals surface area contributed by atoms with Crippen molar-refractivity contribution in [3.63, 3.8) is 0 Å².